The van der Waals surface area contributed by atoms with Crippen LogP contribution in [-0.4, -0.2) is 68.6 Å². The highest BCUT2D eigenvalue weighted by Gasteiger charge is 2.34. The monoisotopic (exact) mass is 759 g/mol. The van der Waals surface area contributed by atoms with Crippen LogP contribution in [0.25, 0.3) is 32.9 Å². The van der Waals surface area contributed by atoms with Crippen molar-refractivity contribution in [1.82, 2.24) is 34.4 Å². The minimum absolute atomic E-state index is 0.00324. The molecule has 0 radical (unpaired) electrons. The number of hydrogen-bond acceptors (Lipinski definition) is 11. The van der Waals surface area contributed by atoms with Gasteiger partial charge in [0.1, 0.15) is 35.4 Å². The Morgan fingerprint density at radius 2 is 1.78 bits per heavy atom. The molecule has 2 N–H and O–H groups in total. The molecule has 13 nitrogen and oxygen atoms in total. The van der Waals surface area contributed by atoms with Crippen molar-refractivity contribution >= 4 is 49.1 Å². The van der Waals surface area contributed by atoms with Crippen molar-refractivity contribution in [3.63, 3.8) is 0 Å². The average Bonchev–Trinajstić information content (AvgIpc) is 3.81. The van der Waals surface area contributed by atoms with Crippen molar-refractivity contribution in [2.45, 2.75) is 48.6 Å². The maximum atomic E-state index is 16.7. The van der Waals surface area contributed by atoms with Crippen LogP contribution in [0, 0.1) is 24.0 Å². The molecular weight excluding hydrogens is 729 g/mol. The van der Waals surface area contributed by atoms with Crippen molar-refractivity contribution < 1.29 is 26.7 Å². The van der Waals surface area contributed by atoms with Crippen LogP contribution < -0.4 is 20.3 Å². The summed E-state index contributed by atoms with van der Waals surface area (Å²) < 4.78 is 64.2. The quantitative estimate of drug-likeness (QED) is 0.112. The Bertz CT molecular complexity index is 2700. The number of ether oxygens (including phenoxy) is 1. The van der Waals surface area contributed by atoms with E-state index in [9.17, 15) is 17.6 Å². The molecule has 9 rings (SSSR count). The van der Waals surface area contributed by atoms with Gasteiger partial charge >= 0.3 is 6.01 Å². The molecule has 6 aromatic rings. The second kappa shape index (κ2) is 13.5. The molecule has 3 aromatic heterocycles. The van der Waals surface area contributed by atoms with Gasteiger partial charge in [0, 0.05) is 60.0 Å². The summed E-state index contributed by atoms with van der Waals surface area (Å²) in [4.78, 5) is 32.5. The minimum Gasteiger partial charge on any atom is -0.432 e. The fraction of sp³-hybridized carbons (Fsp3) is 0.231. The number of halogens is 2. The van der Waals surface area contributed by atoms with Gasteiger partial charge in [-0.05, 0) is 61.4 Å². The van der Waals surface area contributed by atoms with E-state index >= 15 is 4.39 Å². The molecule has 3 aromatic carbocycles. The fourth-order valence-electron chi connectivity index (χ4n) is 7.23. The Morgan fingerprint density at radius 1 is 1.00 bits per heavy atom. The predicted molar refractivity (Wildman–Crippen MR) is 200 cm³/mol. The van der Waals surface area contributed by atoms with E-state index in [1.54, 1.807) is 24.3 Å². The first-order valence-electron chi connectivity index (χ1n) is 17.6. The zero-order valence-corrected chi connectivity index (χ0v) is 29.8. The standard InChI is InChI=1S/C39H31F2N9O4S/c1-2-28-31(40)15-8-22-4-3-5-29(33(22)28)35-34(41)36-30(18-42-35)38(49-19-25-9-10-26(20-49)44-25)47-39(46-36)54-17-16-32(51)45-24-11-13-27(14-12-24)55(52,53)50-21-43-37(48-50)23-6-7-23/h1,3-5,8,11-18,21,23,25-26,44H,6-7,9-10,19-20H2,(H,45,51)/t25-,26+. The lowest BCUT2D eigenvalue weighted by Gasteiger charge is -2.34. The SMILES string of the molecule is C#Cc1c(F)ccc2cccc(-c3ncc4c(N5C[C@H]6CC[C@@H](C5)N6)nc(OC=CC(=O)Nc5ccc(S(=O)(=O)n6cnc(C7CC7)n6)cc5)nc4c3F)c12. The predicted octanol–water partition coefficient (Wildman–Crippen LogP) is 5.28. The lowest BCUT2D eigenvalue weighted by molar-refractivity contribution is -0.112. The number of fused-ring (bicyclic) bond motifs is 4. The minimum atomic E-state index is -3.96. The van der Waals surface area contributed by atoms with E-state index in [-0.39, 0.29) is 45.7 Å². The number of anilines is 2. The van der Waals surface area contributed by atoms with Gasteiger partial charge in [-0.15, -0.1) is 15.6 Å². The Labute approximate surface area is 313 Å². The molecule has 276 valence electrons. The van der Waals surface area contributed by atoms with E-state index in [0.717, 1.165) is 42.1 Å². The van der Waals surface area contributed by atoms with Crippen LogP contribution in [0.3, 0.4) is 0 Å². The second-order valence-electron chi connectivity index (χ2n) is 13.7. The van der Waals surface area contributed by atoms with Gasteiger partial charge in [0.05, 0.1) is 15.8 Å². The number of pyridine rings is 1. The number of hydrogen-bond donors (Lipinski definition) is 2. The highest BCUT2D eigenvalue weighted by Crippen LogP contribution is 2.39. The summed E-state index contributed by atoms with van der Waals surface area (Å²) in [5, 5.41) is 11.7. The van der Waals surface area contributed by atoms with Gasteiger partial charge in [0.25, 0.3) is 15.9 Å². The molecular formula is C39H31F2N9O4S. The molecule has 55 heavy (non-hydrogen) atoms. The summed E-state index contributed by atoms with van der Waals surface area (Å²) in [6, 6.07) is 13.8. The van der Waals surface area contributed by atoms with Crippen molar-refractivity contribution in [3.8, 4) is 29.6 Å². The summed E-state index contributed by atoms with van der Waals surface area (Å²) in [7, 11) is -3.96. The molecule has 1 amide bonds. The number of terminal acetylenes is 1. The summed E-state index contributed by atoms with van der Waals surface area (Å²) in [6.07, 6.45) is 14.4. The number of nitrogens with zero attached hydrogens (tertiary/aromatic N) is 7. The second-order valence-corrected chi connectivity index (χ2v) is 15.5. The van der Waals surface area contributed by atoms with Crippen LogP contribution in [0.2, 0.25) is 0 Å². The number of nitrogens with one attached hydrogen (secondary N) is 2. The Kier molecular flexibility index (Phi) is 8.47. The molecule has 1 saturated carbocycles. The van der Waals surface area contributed by atoms with E-state index in [4.69, 9.17) is 11.2 Å². The van der Waals surface area contributed by atoms with Gasteiger partial charge in [-0.3, -0.25) is 9.78 Å². The van der Waals surface area contributed by atoms with E-state index in [0.29, 0.717) is 52.1 Å². The third kappa shape index (κ3) is 6.40. The Balaban J connectivity index is 0.993. The largest absolute Gasteiger partial charge is 0.432 e. The lowest BCUT2D eigenvalue weighted by Crippen LogP contribution is -2.51. The topological polar surface area (TPSA) is 157 Å². The van der Waals surface area contributed by atoms with Crippen LogP contribution in [-0.2, 0) is 14.8 Å². The lowest BCUT2D eigenvalue weighted by atomic mass is 9.96. The molecule has 16 heteroatoms. The molecule has 0 spiro atoms. The zero-order chi connectivity index (χ0) is 37.8. The number of carbonyl (C=O) groups excluding carboxylic acids is 1. The molecule has 2 aliphatic heterocycles. The first-order valence-corrected chi connectivity index (χ1v) is 19.1. The number of piperazine rings is 1. The number of carbonyl (C=O) groups is 1. The van der Waals surface area contributed by atoms with Gasteiger partial charge < -0.3 is 20.3 Å². The number of aromatic nitrogens is 6. The van der Waals surface area contributed by atoms with Crippen molar-refractivity contribution in [1.29, 1.82) is 0 Å². The molecule has 5 heterocycles. The molecule has 3 fully saturated rings. The van der Waals surface area contributed by atoms with Gasteiger partial charge in [-0.1, -0.05) is 30.2 Å². The summed E-state index contributed by atoms with van der Waals surface area (Å²) in [6.45, 7) is 1.25. The van der Waals surface area contributed by atoms with Crippen LogP contribution in [0.4, 0.5) is 20.3 Å². The normalized spacial score (nSPS) is 18.2. The van der Waals surface area contributed by atoms with Gasteiger partial charge in [0.15, 0.2) is 11.6 Å². The smallest absolute Gasteiger partial charge is 0.324 e. The highest BCUT2D eigenvalue weighted by molar-refractivity contribution is 7.89. The van der Waals surface area contributed by atoms with E-state index in [2.05, 4.69) is 46.5 Å². The Morgan fingerprint density at radius 3 is 2.53 bits per heavy atom. The van der Waals surface area contributed by atoms with Crippen LogP contribution in [0.1, 0.15) is 43.0 Å². The third-order valence-electron chi connectivity index (χ3n) is 10.0. The van der Waals surface area contributed by atoms with Crippen LogP contribution in [0.15, 0.2) is 84.4 Å². The fourth-order valence-corrected chi connectivity index (χ4v) is 8.29. The Hall–Kier alpha value is -6.31. The van der Waals surface area contributed by atoms with Crippen molar-refractivity contribution in [3.05, 3.63) is 102 Å². The highest BCUT2D eigenvalue weighted by atomic mass is 32.2. The van der Waals surface area contributed by atoms with Crippen molar-refractivity contribution in [2.75, 3.05) is 23.3 Å². The van der Waals surface area contributed by atoms with E-state index in [1.165, 1.54) is 42.9 Å². The molecule has 0 unspecified atom stereocenters. The zero-order valence-electron chi connectivity index (χ0n) is 29.0. The maximum absolute atomic E-state index is 16.7. The molecule has 2 saturated heterocycles. The molecule has 3 aliphatic rings. The molecule has 2 bridgehead atoms. The molecule has 1 aliphatic carbocycles. The number of benzene rings is 3. The summed E-state index contributed by atoms with van der Waals surface area (Å²) >= 11 is 0. The third-order valence-corrected chi connectivity index (χ3v) is 11.6. The average molecular weight is 760 g/mol. The van der Waals surface area contributed by atoms with Crippen LogP contribution >= 0.6 is 0 Å². The van der Waals surface area contributed by atoms with Crippen molar-refractivity contribution in [2.24, 2.45) is 0 Å². The number of rotatable bonds is 9. The summed E-state index contributed by atoms with van der Waals surface area (Å²) in [5.41, 5.74) is 0.474. The van der Waals surface area contributed by atoms with Gasteiger partial charge in [0.2, 0.25) is 0 Å². The first-order chi connectivity index (χ1) is 26.7. The van der Waals surface area contributed by atoms with Gasteiger partial charge in [-0.25, -0.2) is 13.8 Å². The van der Waals surface area contributed by atoms with E-state index in [1.807, 2.05) is 0 Å². The van der Waals surface area contributed by atoms with Crippen LogP contribution in [0.5, 0.6) is 6.01 Å². The number of amides is 1. The first kappa shape index (κ1) is 34.5. The van der Waals surface area contributed by atoms with Gasteiger partial charge in [-0.2, -0.15) is 18.4 Å². The van der Waals surface area contributed by atoms with E-state index < -0.39 is 27.6 Å². The summed E-state index contributed by atoms with van der Waals surface area (Å²) in [5.74, 6) is 1.55. The maximum Gasteiger partial charge on any atom is 0.324 e. The molecule has 2 atom stereocenters.